The first-order chi connectivity index (χ1) is 12.0. The Morgan fingerprint density at radius 1 is 1.32 bits per heavy atom. The summed E-state index contributed by atoms with van der Waals surface area (Å²) < 4.78 is 0.951. The van der Waals surface area contributed by atoms with E-state index in [9.17, 15) is 9.59 Å². The number of amides is 2. The standard InChI is InChI=1S/C19H16BrN3O2/c1-12-7-15(20)5-6-17(12)23-11-14(9-18(23)24)19(25)22-16-4-2-3-13(8-16)10-21/h2-8,14H,9,11H2,1H3,(H,22,25). The van der Waals surface area contributed by atoms with Gasteiger partial charge in [0.1, 0.15) is 0 Å². The number of anilines is 2. The molecule has 0 aliphatic carbocycles. The van der Waals surface area contributed by atoms with Gasteiger partial charge in [-0.1, -0.05) is 22.0 Å². The second-order valence-electron chi connectivity index (χ2n) is 6.02. The highest BCUT2D eigenvalue weighted by molar-refractivity contribution is 9.10. The highest BCUT2D eigenvalue weighted by atomic mass is 79.9. The molecule has 3 rings (SSSR count). The Morgan fingerprint density at radius 3 is 2.84 bits per heavy atom. The molecule has 2 amide bonds. The van der Waals surface area contributed by atoms with E-state index in [4.69, 9.17) is 5.26 Å². The topological polar surface area (TPSA) is 73.2 Å². The SMILES string of the molecule is Cc1cc(Br)ccc1N1CC(C(=O)Nc2cccc(C#N)c2)CC1=O. The molecule has 0 bridgehead atoms. The summed E-state index contributed by atoms with van der Waals surface area (Å²) in [6.45, 7) is 2.29. The van der Waals surface area contributed by atoms with Crippen molar-refractivity contribution < 1.29 is 9.59 Å². The summed E-state index contributed by atoms with van der Waals surface area (Å²) in [6, 6.07) is 14.5. The van der Waals surface area contributed by atoms with E-state index >= 15 is 0 Å². The fourth-order valence-corrected chi connectivity index (χ4v) is 3.42. The monoisotopic (exact) mass is 397 g/mol. The van der Waals surface area contributed by atoms with E-state index in [-0.39, 0.29) is 18.2 Å². The van der Waals surface area contributed by atoms with Gasteiger partial charge in [0.05, 0.1) is 17.6 Å². The molecule has 1 atom stereocenters. The lowest BCUT2D eigenvalue weighted by Crippen LogP contribution is -2.28. The smallest absolute Gasteiger partial charge is 0.229 e. The van der Waals surface area contributed by atoms with Crippen LogP contribution in [0.1, 0.15) is 17.5 Å². The summed E-state index contributed by atoms with van der Waals surface area (Å²) in [5, 5.41) is 11.7. The molecule has 0 saturated carbocycles. The minimum Gasteiger partial charge on any atom is -0.326 e. The van der Waals surface area contributed by atoms with Crippen molar-refractivity contribution in [2.24, 2.45) is 5.92 Å². The van der Waals surface area contributed by atoms with Crippen molar-refractivity contribution in [1.82, 2.24) is 0 Å². The number of hydrogen-bond acceptors (Lipinski definition) is 3. The van der Waals surface area contributed by atoms with Crippen LogP contribution >= 0.6 is 15.9 Å². The average Bonchev–Trinajstić information content (AvgIpc) is 2.97. The molecule has 126 valence electrons. The van der Waals surface area contributed by atoms with Gasteiger partial charge in [0, 0.05) is 28.8 Å². The number of carbonyl (C=O) groups excluding carboxylic acids is 2. The summed E-state index contributed by atoms with van der Waals surface area (Å²) >= 11 is 3.41. The zero-order chi connectivity index (χ0) is 18.0. The van der Waals surface area contributed by atoms with Gasteiger partial charge in [-0.3, -0.25) is 9.59 Å². The van der Waals surface area contributed by atoms with Crippen molar-refractivity contribution in [2.75, 3.05) is 16.8 Å². The maximum absolute atomic E-state index is 12.5. The second kappa shape index (κ2) is 7.08. The fourth-order valence-electron chi connectivity index (χ4n) is 2.95. The van der Waals surface area contributed by atoms with Crippen molar-refractivity contribution in [3.05, 3.63) is 58.1 Å². The Kier molecular flexibility index (Phi) is 4.86. The number of nitriles is 1. The maximum atomic E-state index is 12.5. The number of benzene rings is 2. The Labute approximate surface area is 154 Å². The van der Waals surface area contributed by atoms with E-state index in [2.05, 4.69) is 21.2 Å². The van der Waals surface area contributed by atoms with Gasteiger partial charge in [0.2, 0.25) is 11.8 Å². The first-order valence-electron chi connectivity index (χ1n) is 7.85. The van der Waals surface area contributed by atoms with E-state index in [1.807, 2.05) is 31.2 Å². The van der Waals surface area contributed by atoms with E-state index in [0.29, 0.717) is 17.8 Å². The first kappa shape index (κ1) is 17.2. The van der Waals surface area contributed by atoms with Gasteiger partial charge in [0.15, 0.2) is 0 Å². The first-order valence-corrected chi connectivity index (χ1v) is 8.65. The molecule has 1 N–H and O–H groups in total. The van der Waals surface area contributed by atoms with Gasteiger partial charge < -0.3 is 10.2 Å². The van der Waals surface area contributed by atoms with Crippen LogP contribution in [-0.4, -0.2) is 18.4 Å². The third kappa shape index (κ3) is 3.72. The Bertz CT molecular complexity index is 888. The van der Waals surface area contributed by atoms with E-state index in [1.165, 1.54) is 0 Å². The van der Waals surface area contributed by atoms with Gasteiger partial charge in [0.25, 0.3) is 0 Å². The van der Waals surface area contributed by atoms with Crippen LogP contribution in [0.5, 0.6) is 0 Å². The van der Waals surface area contributed by atoms with Gasteiger partial charge in [-0.2, -0.15) is 5.26 Å². The van der Waals surface area contributed by atoms with Crippen LogP contribution < -0.4 is 10.2 Å². The number of aryl methyl sites for hydroxylation is 1. The van der Waals surface area contributed by atoms with Crippen LogP contribution in [0.25, 0.3) is 0 Å². The molecule has 5 nitrogen and oxygen atoms in total. The molecular weight excluding hydrogens is 382 g/mol. The van der Waals surface area contributed by atoms with Crippen LogP contribution in [0, 0.1) is 24.2 Å². The summed E-state index contributed by atoms with van der Waals surface area (Å²) in [6.07, 6.45) is 0.180. The zero-order valence-corrected chi connectivity index (χ0v) is 15.2. The molecule has 0 spiro atoms. The molecule has 1 unspecified atom stereocenters. The molecule has 1 aliphatic heterocycles. The third-order valence-corrected chi connectivity index (χ3v) is 4.70. The number of carbonyl (C=O) groups is 2. The molecule has 2 aromatic rings. The van der Waals surface area contributed by atoms with Gasteiger partial charge in [-0.15, -0.1) is 0 Å². The summed E-state index contributed by atoms with van der Waals surface area (Å²) in [5.41, 5.74) is 2.85. The lowest BCUT2D eigenvalue weighted by Gasteiger charge is -2.19. The molecule has 6 heteroatoms. The van der Waals surface area contributed by atoms with Crippen molar-refractivity contribution in [1.29, 1.82) is 5.26 Å². The van der Waals surface area contributed by atoms with Crippen molar-refractivity contribution in [3.63, 3.8) is 0 Å². The maximum Gasteiger partial charge on any atom is 0.229 e. The third-order valence-electron chi connectivity index (χ3n) is 4.20. The number of halogens is 1. The van der Waals surface area contributed by atoms with Gasteiger partial charge in [-0.25, -0.2) is 0 Å². The molecule has 1 fully saturated rings. The van der Waals surface area contributed by atoms with Crippen molar-refractivity contribution in [2.45, 2.75) is 13.3 Å². The summed E-state index contributed by atoms with van der Waals surface area (Å²) in [4.78, 5) is 26.5. The number of nitrogens with one attached hydrogen (secondary N) is 1. The Balaban J connectivity index is 1.73. The normalized spacial score (nSPS) is 16.6. The van der Waals surface area contributed by atoms with Crippen LogP contribution in [0.15, 0.2) is 46.9 Å². The minimum atomic E-state index is -0.415. The van der Waals surface area contributed by atoms with Crippen LogP contribution in [0.4, 0.5) is 11.4 Å². The summed E-state index contributed by atoms with van der Waals surface area (Å²) in [7, 11) is 0. The van der Waals surface area contributed by atoms with Gasteiger partial charge in [-0.05, 0) is 48.9 Å². The van der Waals surface area contributed by atoms with Crippen molar-refractivity contribution >= 4 is 39.1 Å². The largest absolute Gasteiger partial charge is 0.326 e. The molecule has 25 heavy (non-hydrogen) atoms. The fraction of sp³-hybridized carbons (Fsp3) is 0.211. The molecular formula is C19H16BrN3O2. The number of rotatable bonds is 3. The molecule has 0 aromatic heterocycles. The molecule has 1 heterocycles. The average molecular weight is 398 g/mol. The Morgan fingerprint density at radius 2 is 2.12 bits per heavy atom. The Hall–Kier alpha value is -2.65. The molecule has 2 aromatic carbocycles. The predicted molar refractivity (Wildman–Crippen MR) is 99.1 cm³/mol. The number of nitrogens with zero attached hydrogens (tertiary/aromatic N) is 2. The number of hydrogen-bond donors (Lipinski definition) is 1. The predicted octanol–water partition coefficient (Wildman–Crippen LogP) is 3.62. The lowest BCUT2D eigenvalue weighted by atomic mass is 10.1. The molecule has 1 aliphatic rings. The van der Waals surface area contributed by atoms with Crippen LogP contribution in [0.2, 0.25) is 0 Å². The van der Waals surface area contributed by atoms with Gasteiger partial charge >= 0.3 is 0 Å². The molecule has 0 radical (unpaired) electrons. The minimum absolute atomic E-state index is 0.0589. The van der Waals surface area contributed by atoms with Crippen LogP contribution in [0.3, 0.4) is 0 Å². The lowest BCUT2D eigenvalue weighted by molar-refractivity contribution is -0.122. The highest BCUT2D eigenvalue weighted by Gasteiger charge is 2.35. The molecule has 1 saturated heterocycles. The van der Waals surface area contributed by atoms with Crippen LogP contribution in [-0.2, 0) is 9.59 Å². The summed E-state index contributed by atoms with van der Waals surface area (Å²) in [5.74, 6) is -0.682. The van der Waals surface area contributed by atoms with E-state index < -0.39 is 5.92 Å². The second-order valence-corrected chi connectivity index (χ2v) is 6.93. The zero-order valence-electron chi connectivity index (χ0n) is 13.6. The van der Waals surface area contributed by atoms with E-state index in [1.54, 1.807) is 29.2 Å². The highest BCUT2D eigenvalue weighted by Crippen LogP contribution is 2.30. The quantitative estimate of drug-likeness (QED) is 0.859. The van der Waals surface area contributed by atoms with E-state index in [0.717, 1.165) is 15.7 Å². The van der Waals surface area contributed by atoms with Crippen molar-refractivity contribution in [3.8, 4) is 6.07 Å².